The Balaban J connectivity index is 1.96. The Hall–Kier alpha value is -3.26. The summed E-state index contributed by atoms with van der Waals surface area (Å²) < 4.78 is 10.7. The van der Waals surface area contributed by atoms with E-state index in [0.29, 0.717) is 29.0 Å². The van der Waals surface area contributed by atoms with Gasteiger partial charge in [0.15, 0.2) is 11.5 Å². The molecule has 2 aromatic rings. The number of benzene rings is 2. The van der Waals surface area contributed by atoms with Crippen molar-refractivity contribution in [2.24, 2.45) is 5.10 Å². The molecule has 0 unspecified atom stereocenters. The largest absolute Gasteiger partial charge is 0.493 e. The second-order valence-electron chi connectivity index (χ2n) is 6.95. The fraction of sp³-hybridized carbons (Fsp3) is 0.273. The highest BCUT2D eigenvalue weighted by Crippen LogP contribution is 2.34. The van der Waals surface area contributed by atoms with Crippen LogP contribution in [0.25, 0.3) is 0 Å². The average Bonchev–Trinajstić information content (AvgIpc) is 3.01. The van der Waals surface area contributed by atoms with Gasteiger partial charge in [-0.3, -0.25) is 4.79 Å². The molecule has 5 heteroatoms. The normalized spacial score (nSPS) is 15.1. The number of rotatable bonds is 4. The zero-order valence-corrected chi connectivity index (χ0v) is 15.9. The van der Waals surface area contributed by atoms with Gasteiger partial charge < -0.3 is 9.47 Å². The number of methoxy groups -OCH3 is 2. The monoisotopic (exact) mass is 362 g/mol. The molecule has 0 aromatic heterocycles. The van der Waals surface area contributed by atoms with Crippen LogP contribution in [0.15, 0.2) is 47.6 Å². The molecule has 0 spiro atoms. The number of hydrogen-bond acceptors (Lipinski definition) is 4. The summed E-state index contributed by atoms with van der Waals surface area (Å²) >= 11 is 0. The molecule has 0 saturated carbocycles. The molecular formula is C22H22N2O3. The molecule has 0 atom stereocenters. The van der Waals surface area contributed by atoms with E-state index in [-0.39, 0.29) is 5.91 Å². The number of hydrazone groups is 1. The van der Waals surface area contributed by atoms with Crippen molar-refractivity contribution in [3.63, 3.8) is 0 Å². The molecule has 2 aromatic carbocycles. The molecule has 138 valence electrons. The quantitative estimate of drug-likeness (QED) is 0.779. The van der Waals surface area contributed by atoms with Crippen molar-refractivity contribution in [2.45, 2.75) is 25.8 Å². The van der Waals surface area contributed by atoms with Crippen LogP contribution in [0.3, 0.4) is 0 Å². The first-order chi connectivity index (χ1) is 12.9. The zero-order valence-electron chi connectivity index (χ0n) is 15.9. The Morgan fingerprint density at radius 3 is 2.56 bits per heavy atom. The topological polar surface area (TPSA) is 51.1 Å². The van der Waals surface area contributed by atoms with Gasteiger partial charge in [-0.2, -0.15) is 5.10 Å². The summed E-state index contributed by atoms with van der Waals surface area (Å²) in [6, 6.07) is 12.7. The predicted octanol–water partition coefficient (Wildman–Crippen LogP) is 3.71. The van der Waals surface area contributed by atoms with E-state index >= 15 is 0 Å². The maximum Gasteiger partial charge on any atom is 0.274 e. The minimum absolute atomic E-state index is 0.174. The maximum absolute atomic E-state index is 13.0. The standard InChI is InChI=1S/C22H22N2O3/c1-6-15-8-7-9-17(12-15)21(25)24-22(2,3)14-18(23-24)16-10-11-19(26-4)20(13-16)27-5/h1,7-13H,14H2,2-5H3. The van der Waals surface area contributed by atoms with E-state index in [1.165, 1.54) is 5.01 Å². The number of ether oxygens (including phenoxy) is 2. The second kappa shape index (κ2) is 7.16. The predicted molar refractivity (Wildman–Crippen MR) is 105 cm³/mol. The summed E-state index contributed by atoms with van der Waals surface area (Å²) in [4.78, 5) is 13.0. The third-order valence-corrected chi connectivity index (χ3v) is 4.58. The third kappa shape index (κ3) is 3.52. The van der Waals surface area contributed by atoms with Gasteiger partial charge in [-0.25, -0.2) is 5.01 Å². The highest BCUT2D eigenvalue weighted by atomic mass is 16.5. The van der Waals surface area contributed by atoms with Crippen molar-refractivity contribution in [2.75, 3.05) is 14.2 Å². The van der Waals surface area contributed by atoms with Crippen LogP contribution >= 0.6 is 0 Å². The number of nitrogens with zero attached hydrogens (tertiary/aromatic N) is 2. The lowest BCUT2D eigenvalue weighted by Crippen LogP contribution is -2.40. The molecule has 0 radical (unpaired) electrons. The Morgan fingerprint density at radius 1 is 1.15 bits per heavy atom. The minimum atomic E-state index is -0.453. The first-order valence-corrected chi connectivity index (χ1v) is 8.60. The van der Waals surface area contributed by atoms with Gasteiger partial charge in [0, 0.05) is 23.1 Å². The van der Waals surface area contributed by atoms with Gasteiger partial charge in [0.2, 0.25) is 0 Å². The van der Waals surface area contributed by atoms with Gasteiger partial charge in [0.05, 0.1) is 25.5 Å². The SMILES string of the molecule is C#Cc1cccc(C(=O)N2N=C(c3ccc(OC)c(OC)c3)CC2(C)C)c1. The highest BCUT2D eigenvalue weighted by Gasteiger charge is 2.39. The molecule has 1 aliphatic rings. The molecule has 1 aliphatic heterocycles. The third-order valence-electron chi connectivity index (χ3n) is 4.58. The van der Waals surface area contributed by atoms with E-state index in [0.717, 1.165) is 11.3 Å². The summed E-state index contributed by atoms with van der Waals surface area (Å²) in [6.07, 6.45) is 6.08. The van der Waals surface area contributed by atoms with E-state index < -0.39 is 5.54 Å². The fourth-order valence-electron chi connectivity index (χ4n) is 3.14. The average molecular weight is 362 g/mol. The molecule has 1 heterocycles. The Bertz CT molecular complexity index is 954. The van der Waals surface area contributed by atoms with E-state index in [1.54, 1.807) is 38.5 Å². The summed E-state index contributed by atoms with van der Waals surface area (Å²) in [5, 5.41) is 6.16. The summed E-state index contributed by atoms with van der Waals surface area (Å²) in [5.41, 5.74) is 2.46. The van der Waals surface area contributed by atoms with Crippen LogP contribution in [0.1, 0.15) is 41.8 Å². The lowest BCUT2D eigenvalue weighted by atomic mass is 9.94. The summed E-state index contributed by atoms with van der Waals surface area (Å²) in [5.74, 6) is 3.66. The Kier molecular flexibility index (Phi) is 4.91. The molecule has 3 rings (SSSR count). The second-order valence-corrected chi connectivity index (χ2v) is 6.95. The zero-order chi connectivity index (χ0) is 19.6. The van der Waals surface area contributed by atoms with Crippen LogP contribution in [-0.2, 0) is 0 Å². The molecule has 0 N–H and O–H groups in total. The molecule has 0 bridgehead atoms. The first kappa shape index (κ1) is 18.5. The molecular weight excluding hydrogens is 340 g/mol. The van der Waals surface area contributed by atoms with Crippen molar-refractivity contribution in [3.05, 3.63) is 59.2 Å². The number of hydrogen-bond donors (Lipinski definition) is 0. The van der Waals surface area contributed by atoms with Gasteiger partial charge in [-0.1, -0.05) is 12.0 Å². The van der Waals surface area contributed by atoms with Gasteiger partial charge in [-0.05, 0) is 50.2 Å². The van der Waals surface area contributed by atoms with Crippen LogP contribution in [-0.4, -0.2) is 36.4 Å². The maximum atomic E-state index is 13.0. The van der Waals surface area contributed by atoms with E-state index in [1.807, 2.05) is 32.0 Å². The van der Waals surface area contributed by atoms with Crippen LogP contribution in [0.4, 0.5) is 0 Å². The first-order valence-electron chi connectivity index (χ1n) is 8.60. The van der Waals surface area contributed by atoms with E-state index in [4.69, 9.17) is 15.9 Å². The van der Waals surface area contributed by atoms with Crippen molar-refractivity contribution < 1.29 is 14.3 Å². The smallest absolute Gasteiger partial charge is 0.274 e. The molecule has 0 fully saturated rings. The number of amides is 1. The lowest BCUT2D eigenvalue weighted by molar-refractivity contribution is 0.0612. The van der Waals surface area contributed by atoms with Gasteiger partial charge in [0.1, 0.15) is 0 Å². The van der Waals surface area contributed by atoms with Gasteiger partial charge in [0.25, 0.3) is 5.91 Å². The molecule has 0 saturated heterocycles. The number of carbonyl (C=O) groups excluding carboxylic acids is 1. The number of terminal acetylenes is 1. The summed E-state index contributed by atoms with van der Waals surface area (Å²) in [6.45, 7) is 3.99. The fourth-order valence-corrected chi connectivity index (χ4v) is 3.14. The summed E-state index contributed by atoms with van der Waals surface area (Å²) in [7, 11) is 3.19. The molecule has 0 aliphatic carbocycles. The van der Waals surface area contributed by atoms with Crippen molar-refractivity contribution in [1.82, 2.24) is 5.01 Å². The van der Waals surface area contributed by atoms with Gasteiger partial charge in [-0.15, -0.1) is 6.42 Å². The molecule has 1 amide bonds. The van der Waals surface area contributed by atoms with Crippen molar-refractivity contribution in [1.29, 1.82) is 0 Å². The van der Waals surface area contributed by atoms with Gasteiger partial charge >= 0.3 is 0 Å². The highest BCUT2D eigenvalue weighted by molar-refractivity contribution is 6.05. The van der Waals surface area contributed by atoms with Crippen LogP contribution in [0.2, 0.25) is 0 Å². The van der Waals surface area contributed by atoms with Crippen molar-refractivity contribution >= 4 is 11.6 Å². The molecule has 5 nitrogen and oxygen atoms in total. The van der Waals surface area contributed by atoms with Crippen LogP contribution < -0.4 is 9.47 Å². The van der Waals surface area contributed by atoms with E-state index in [9.17, 15) is 4.79 Å². The lowest BCUT2D eigenvalue weighted by Gasteiger charge is -2.28. The number of carbonyl (C=O) groups is 1. The van der Waals surface area contributed by atoms with E-state index in [2.05, 4.69) is 11.0 Å². The minimum Gasteiger partial charge on any atom is -0.493 e. The van der Waals surface area contributed by atoms with Crippen molar-refractivity contribution in [3.8, 4) is 23.8 Å². The Labute approximate surface area is 159 Å². The molecule has 27 heavy (non-hydrogen) atoms. The van der Waals surface area contributed by atoms with Crippen LogP contribution in [0.5, 0.6) is 11.5 Å². The van der Waals surface area contributed by atoms with Crippen LogP contribution in [0, 0.1) is 12.3 Å². The Morgan fingerprint density at radius 2 is 1.89 bits per heavy atom.